The molecule has 1 aliphatic rings. The number of thiocarbonyl (C=S) groups is 1. The Kier molecular flexibility index (Phi) is 5.75. The molecule has 0 aliphatic carbocycles. The highest BCUT2D eigenvalue weighted by Gasteiger charge is 2.41. The van der Waals surface area contributed by atoms with Gasteiger partial charge in [0.1, 0.15) is 0 Å². The molecule has 8 heteroatoms. The summed E-state index contributed by atoms with van der Waals surface area (Å²) in [6.07, 6.45) is 1.75. The van der Waals surface area contributed by atoms with Crippen LogP contribution in [-0.2, 0) is 0 Å². The van der Waals surface area contributed by atoms with E-state index >= 15 is 0 Å². The minimum atomic E-state index is -0.971. The summed E-state index contributed by atoms with van der Waals surface area (Å²) >= 11 is 5.58. The zero-order valence-corrected chi connectivity index (χ0v) is 18.1. The molecule has 3 heterocycles. The monoisotopic (exact) mass is 436 g/mol. The molecule has 3 N–H and O–H groups in total. The van der Waals surface area contributed by atoms with Crippen LogP contribution in [0.1, 0.15) is 45.1 Å². The van der Waals surface area contributed by atoms with Gasteiger partial charge in [-0.05, 0) is 62.0 Å². The predicted octanol–water partition coefficient (Wildman–Crippen LogP) is 3.15. The Morgan fingerprint density at radius 1 is 1.19 bits per heavy atom. The second-order valence-electron chi connectivity index (χ2n) is 7.53. The van der Waals surface area contributed by atoms with Crippen LogP contribution in [0.3, 0.4) is 0 Å². The molecule has 2 aromatic heterocycles. The maximum absolute atomic E-state index is 11.8. The van der Waals surface area contributed by atoms with Crippen molar-refractivity contribution in [1.82, 2.24) is 19.8 Å². The Morgan fingerprint density at radius 2 is 1.94 bits per heavy atom. The van der Waals surface area contributed by atoms with E-state index in [4.69, 9.17) is 12.2 Å². The number of carbonyl (C=O) groups is 1. The van der Waals surface area contributed by atoms with Crippen molar-refractivity contribution in [2.45, 2.75) is 25.9 Å². The number of rotatable bonds is 6. The minimum Gasteiger partial charge on any atom is -0.478 e. The van der Waals surface area contributed by atoms with E-state index in [1.165, 1.54) is 0 Å². The van der Waals surface area contributed by atoms with Gasteiger partial charge in [-0.25, -0.2) is 4.79 Å². The number of aryl methyl sites for hydroxylation is 1. The van der Waals surface area contributed by atoms with Crippen LogP contribution in [0.15, 0.2) is 54.7 Å². The number of hydrogen-bond acceptors (Lipinski definition) is 4. The number of aliphatic hydroxyl groups excluding tert-OH is 1. The summed E-state index contributed by atoms with van der Waals surface area (Å²) in [4.78, 5) is 18.3. The third-order valence-electron chi connectivity index (χ3n) is 5.70. The van der Waals surface area contributed by atoms with E-state index in [-0.39, 0.29) is 24.3 Å². The van der Waals surface area contributed by atoms with Crippen LogP contribution < -0.4 is 5.32 Å². The van der Waals surface area contributed by atoms with Crippen molar-refractivity contribution >= 4 is 23.3 Å². The number of hydrogen-bond donors (Lipinski definition) is 3. The highest BCUT2D eigenvalue weighted by molar-refractivity contribution is 7.80. The molecule has 31 heavy (non-hydrogen) atoms. The van der Waals surface area contributed by atoms with Gasteiger partial charge in [-0.2, -0.15) is 0 Å². The molecule has 0 unspecified atom stereocenters. The fraction of sp³-hybridized carbons (Fsp3) is 0.261. The Balaban J connectivity index is 1.87. The second-order valence-corrected chi connectivity index (χ2v) is 7.91. The van der Waals surface area contributed by atoms with Gasteiger partial charge in [0.25, 0.3) is 0 Å². The third kappa shape index (κ3) is 3.68. The fourth-order valence-electron chi connectivity index (χ4n) is 4.40. The van der Waals surface area contributed by atoms with Gasteiger partial charge < -0.3 is 25.0 Å². The lowest BCUT2D eigenvalue weighted by atomic mass is 9.97. The summed E-state index contributed by atoms with van der Waals surface area (Å²) in [5, 5.41) is 23.3. The molecule has 3 aromatic rings. The van der Waals surface area contributed by atoms with Crippen LogP contribution in [0, 0.1) is 13.8 Å². The van der Waals surface area contributed by atoms with Crippen molar-refractivity contribution < 1.29 is 15.0 Å². The average molecular weight is 437 g/mol. The van der Waals surface area contributed by atoms with Gasteiger partial charge in [-0.3, -0.25) is 4.98 Å². The molecular formula is C23H24N4O3S. The number of aromatic carboxylic acids is 1. The summed E-state index contributed by atoms with van der Waals surface area (Å²) in [6, 6.07) is 14.4. The summed E-state index contributed by atoms with van der Waals surface area (Å²) < 4.78 is 1.97. The first-order chi connectivity index (χ1) is 14.9. The second kappa shape index (κ2) is 8.49. The summed E-state index contributed by atoms with van der Waals surface area (Å²) in [5.74, 6) is -0.971. The lowest BCUT2D eigenvalue weighted by Gasteiger charge is -2.27. The van der Waals surface area contributed by atoms with Crippen molar-refractivity contribution in [2.75, 3.05) is 13.2 Å². The quantitative estimate of drug-likeness (QED) is 0.512. The Morgan fingerprint density at radius 3 is 2.61 bits per heavy atom. The van der Waals surface area contributed by atoms with Crippen LogP contribution in [0.5, 0.6) is 0 Å². The fourth-order valence-corrected chi connectivity index (χ4v) is 4.73. The number of carboxylic acids is 1. The van der Waals surface area contributed by atoms with Crippen LogP contribution in [0.4, 0.5) is 0 Å². The maximum atomic E-state index is 11.8. The van der Waals surface area contributed by atoms with Gasteiger partial charge in [-0.1, -0.05) is 18.2 Å². The minimum absolute atomic E-state index is 0.0339. The predicted molar refractivity (Wildman–Crippen MR) is 121 cm³/mol. The average Bonchev–Trinajstić information content (AvgIpc) is 3.24. The van der Waals surface area contributed by atoms with Crippen LogP contribution in [-0.4, -0.2) is 48.9 Å². The lowest BCUT2D eigenvalue weighted by molar-refractivity contribution is 0.0697. The molecule has 0 radical (unpaired) electrons. The first-order valence-electron chi connectivity index (χ1n) is 10.0. The van der Waals surface area contributed by atoms with E-state index in [9.17, 15) is 15.0 Å². The molecule has 2 atom stereocenters. The van der Waals surface area contributed by atoms with Gasteiger partial charge in [0.05, 0.1) is 35.6 Å². The van der Waals surface area contributed by atoms with Gasteiger partial charge in [0.15, 0.2) is 5.11 Å². The van der Waals surface area contributed by atoms with E-state index in [1.807, 2.05) is 53.6 Å². The molecule has 0 spiro atoms. The normalized spacial score (nSPS) is 18.3. The first kappa shape index (κ1) is 21.0. The molecule has 160 valence electrons. The molecule has 0 saturated carbocycles. The van der Waals surface area contributed by atoms with Crippen molar-refractivity contribution in [3.63, 3.8) is 0 Å². The highest BCUT2D eigenvalue weighted by atomic mass is 32.1. The summed E-state index contributed by atoms with van der Waals surface area (Å²) in [5.41, 5.74) is 4.56. The van der Waals surface area contributed by atoms with Crippen molar-refractivity contribution in [3.8, 4) is 5.69 Å². The molecule has 0 amide bonds. The molecule has 4 rings (SSSR count). The molecule has 1 fully saturated rings. The number of para-hydroxylation sites is 1. The SMILES string of the molecule is Cc1cc([C@@H]2[C@@H](c3ccccn3)NC(=S)N2CCO)c(C)n1-c1ccccc1C(=O)O. The number of nitrogens with one attached hydrogen (secondary N) is 1. The Bertz CT molecular complexity index is 1130. The largest absolute Gasteiger partial charge is 0.478 e. The number of aromatic nitrogens is 2. The zero-order valence-electron chi connectivity index (χ0n) is 17.3. The Labute approximate surface area is 186 Å². The third-order valence-corrected chi connectivity index (χ3v) is 6.06. The van der Waals surface area contributed by atoms with Crippen molar-refractivity contribution in [1.29, 1.82) is 0 Å². The van der Waals surface area contributed by atoms with Gasteiger partial charge >= 0.3 is 5.97 Å². The smallest absolute Gasteiger partial charge is 0.337 e. The van der Waals surface area contributed by atoms with E-state index in [1.54, 1.807) is 18.3 Å². The number of benzene rings is 1. The number of carboxylic acid groups (broad SMARTS) is 1. The van der Waals surface area contributed by atoms with Crippen molar-refractivity contribution in [3.05, 3.63) is 82.9 Å². The number of β-amino-alcohol motifs (C(OH)–C–C–N with tert-alkyl or cyclic N) is 1. The standard InChI is InChI=1S/C23H24N4O3S/c1-14-13-17(15(2)27(14)19-9-4-3-7-16(19)22(29)30)21-20(18-8-5-6-10-24-18)25-23(31)26(21)11-12-28/h3-10,13,20-21,28H,11-12H2,1-2H3,(H,25,31)(H,29,30)/t20-,21-/m1/s1. The molecule has 1 saturated heterocycles. The number of aliphatic hydroxyl groups is 1. The summed E-state index contributed by atoms with van der Waals surface area (Å²) in [7, 11) is 0. The van der Waals surface area contributed by atoms with E-state index < -0.39 is 5.97 Å². The topological polar surface area (TPSA) is 90.6 Å². The van der Waals surface area contributed by atoms with E-state index in [0.717, 1.165) is 22.6 Å². The van der Waals surface area contributed by atoms with Gasteiger partial charge in [-0.15, -0.1) is 0 Å². The maximum Gasteiger partial charge on any atom is 0.337 e. The molecule has 1 aromatic carbocycles. The van der Waals surface area contributed by atoms with Crippen LogP contribution in [0.2, 0.25) is 0 Å². The van der Waals surface area contributed by atoms with Crippen LogP contribution in [0.25, 0.3) is 5.69 Å². The zero-order chi connectivity index (χ0) is 22.1. The molecule has 1 aliphatic heterocycles. The van der Waals surface area contributed by atoms with Crippen molar-refractivity contribution in [2.24, 2.45) is 0 Å². The number of pyridine rings is 1. The van der Waals surface area contributed by atoms with E-state index in [2.05, 4.69) is 16.4 Å². The molecular weight excluding hydrogens is 412 g/mol. The van der Waals surface area contributed by atoms with E-state index in [0.29, 0.717) is 17.3 Å². The molecule has 7 nitrogen and oxygen atoms in total. The molecule has 0 bridgehead atoms. The number of nitrogens with zero attached hydrogens (tertiary/aromatic N) is 3. The lowest BCUT2D eigenvalue weighted by Crippen LogP contribution is -2.32. The Hall–Kier alpha value is -3.23. The summed E-state index contributed by atoms with van der Waals surface area (Å²) in [6.45, 7) is 4.29. The van der Waals surface area contributed by atoms with Crippen LogP contribution >= 0.6 is 12.2 Å². The first-order valence-corrected chi connectivity index (χ1v) is 10.4. The van der Waals surface area contributed by atoms with Gasteiger partial charge in [0, 0.05) is 24.1 Å². The van der Waals surface area contributed by atoms with Gasteiger partial charge in [0.2, 0.25) is 0 Å². The highest BCUT2D eigenvalue weighted by Crippen LogP contribution is 2.41.